The summed E-state index contributed by atoms with van der Waals surface area (Å²) in [7, 11) is 0. The molecule has 5 nitrogen and oxygen atoms in total. The molecule has 0 unspecified atom stereocenters. The average Bonchev–Trinajstić information content (AvgIpc) is 2.62. The summed E-state index contributed by atoms with van der Waals surface area (Å²) in [4.78, 5) is 26.2. The third-order valence-corrected chi connectivity index (χ3v) is 5.30. The van der Waals surface area contributed by atoms with Crippen LogP contribution in [-0.4, -0.2) is 36.5 Å². The number of hydrogen-bond donors (Lipinski definition) is 2. The highest BCUT2D eigenvalue weighted by molar-refractivity contribution is 5.89. The van der Waals surface area contributed by atoms with Gasteiger partial charge in [0, 0.05) is 31.7 Å². The lowest BCUT2D eigenvalue weighted by atomic mass is 9.75. The maximum absolute atomic E-state index is 12.4. The molecule has 2 aliphatic rings. The normalized spacial score (nSPS) is 23.2. The van der Waals surface area contributed by atoms with E-state index >= 15 is 0 Å². The molecule has 1 aromatic carbocycles. The van der Waals surface area contributed by atoms with Gasteiger partial charge in [0.05, 0.1) is 0 Å². The van der Waals surface area contributed by atoms with Gasteiger partial charge in [-0.25, -0.2) is 4.79 Å². The Morgan fingerprint density at radius 1 is 1.04 bits per heavy atom. The van der Waals surface area contributed by atoms with Crippen LogP contribution in [0.25, 0.3) is 0 Å². The topological polar surface area (TPSA) is 61.4 Å². The van der Waals surface area contributed by atoms with Crippen molar-refractivity contribution in [3.05, 3.63) is 30.3 Å². The van der Waals surface area contributed by atoms with Crippen molar-refractivity contribution in [1.29, 1.82) is 0 Å². The van der Waals surface area contributed by atoms with Gasteiger partial charge in [0.15, 0.2) is 0 Å². The van der Waals surface area contributed by atoms with Crippen LogP contribution in [0.15, 0.2) is 30.3 Å². The first kappa shape index (κ1) is 16.8. The number of urea groups is 1. The fourth-order valence-electron chi connectivity index (χ4n) is 3.97. The molecule has 1 aliphatic heterocycles. The summed E-state index contributed by atoms with van der Waals surface area (Å²) in [5.41, 5.74) is 0.751. The van der Waals surface area contributed by atoms with Crippen LogP contribution in [0.5, 0.6) is 0 Å². The van der Waals surface area contributed by atoms with Gasteiger partial charge in [-0.2, -0.15) is 0 Å². The van der Waals surface area contributed by atoms with Gasteiger partial charge in [-0.05, 0) is 36.8 Å². The summed E-state index contributed by atoms with van der Waals surface area (Å²) in [5, 5.41) is 5.52. The maximum atomic E-state index is 12.4. The van der Waals surface area contributed by atoms with Gasteiger partial charge in [0.1, 0.15) is 0 Å². The minimum Gasteiger partial charge on any atom is -0.342 e. The van der Waals surface area contributed by atoms with E-state index in [1.54, 1.807) is 0 Å². The molecule has 130 valence electrons. The van der Waals surface area contributed by atoms with E-state index in [9.17, 15) is 9.59 Å². The molecule has 0 bridgehead atoms. The first-order valence-corrected chi connectivity index (χ1v) is 9.10. The van der Waals surface area contributed by atoms with Crippen LogP contribution in [0.1, 0.15) is 38.5 Å². The number of benzene rings is 1. The SMILES string of the molecule is O=C(NCCC(=O)N1CC[C@H]2CCCC[C@H]2C1)Nc1ccccc1. The molecule has 1 heterocycles. The summed E-state index contributed by atoms with van der Waals surface area (Å²) in [6, 6.07) is 9.04. The third-order valence-electron chi connectivity index (χ3n) is 5.30. The van der Waals surface area contributed by atoms with Crippen molar-refractivity contribution in [1.82, 2.24) is 10.2 Å². The van der Waals surface area contributed by atoms with Gasteiger partial charge in [-0.15, -0.1) is 0 Å². The van der Waals surface area contributed by atoms with Crippen molar-refractivity contribution < 1.29 is 9.59 Å². The fourth-order valence-corrected chi connectivity index (χ4v) is 3.97. The van der Waals surface area contributed by atoms with Crippen LogP contribution < -0.4 is 10.6 Å². The Kier molecular flexibility index (Phi) is 5.72. The van der Waals surface area contributed by atoms with Crippen molar-refractivity contribution in [3.63, 3.8) is 0 Å². The Morgan fingerprint density at radius 2 is 1.79 bits per heavy atom. The minimum absolute atomic E-state index is 0.166. The first-order chi connectivity index (χ1) is 11.7. The molecular weight excluding hydrogens is 302 g/mol. The lowest BCUT2D eigenvalue weighted by molar-refractivity contribution is -0.134. The quantitative estimate of drug-likeness (QED) is 0.891. The molecule has 5 heteroatoms. The number of carbonyl (C=O) groups excluding carboxylic acids is 2. The van der Waals surface area contributed by atoms with Gasteiger partial charge >= 0.3 is 6.03 Å². The highest BCUT2D eigenvalue weighted by Gasteiger charge is 2.32. The number of nitrogens with zero attached hydrogens (tertiary/aromatic N) is 1. The van der Waals surface area contributed by atoms with Gasteiger partial charge < -0.3 is 15.5 Å². The fraction of sp³-hybridized carbons (Fsp3) is 0.579. The van der Waals surface area contributed by atoms with Crippen molar-refractivity contribution in [2.45, 2.75) is 38.5 Å². The molecular formula is C19H27N3O2. The number of hydrogen-bond acceptors (Lipinski definition) is 2. The molecule has 0 spiro atoms. The number of anilines is 1. The largest absolute Gasteiger partial charge is 0.342 e. The average molecular weight is 329 g/mol. The molecule has 1 aromatic rings. The van der Waals surface area contributed by atoms with Crippen LogP contribution in [0.2, 0.25) is 0 Å². The number of rotatable bonds is 4. The second-order valence-corrected chi connectivity index (χ2v) is 6.93. The zero-order chi connectivity index (χ0) is 16.8. The lowest BCUT2D eigenvalue weighted by Gasteiger charge is -2.41. The number of carbonyl (C=O) groups is 2. The molecule has 1 saturated heterocycles. The van der Waals surface area contributed by atoms with Crippen LogP contribution in [-0.2, 0) is 4.79 Å². The van der Waals surface area contributed by atoms with Gasteiger partial charge in [0.25, 0.3) is 0 Å². The maximum Gasteiger partial charge on any atom is 0.319 e. The van der Waals surface area contributed by atoms with Crippen molar-refractivity contribution in [2.75, 3.05) is 25.0 Å². The Bertz CT molecular complexity index is 561. The second-order valence-electron chi connectivity index (χ2n) is 6.93. The number of fused-ring (bicyclic) bond motifs is 1. The summed E-state index contributed by atoms with van der Waals surface area (Å²) < 4.78 is 0. The molecule has 2 N–H and O–H groups in total. The van der Waals surface area contributed by atoms with E-state index in [0.717, 1.165) is 31.1 Å². The van der Waals surface area contributed by atoms with E-state index in [0.29, 0.717) is 18.9 Å². The molecule has 3 amide bonds. The van der Waals surface area contributed by atoms with Gasteiger partial charge in [-0.1, -0.05) is 37.5 Å². The monoisotopic (exact) mass is 329 g/mol. The van der Waals surface area contributed by atoms with Crippen LogP contribution >= 0.6 is 0 Å². The predicted molar refractivity (Wildman–Crippen MR) is 94.7 cm³/mol. The van der Waals surface area contributed by atoms with E-state index < -0.39 is 0 Å². The van der Waals surface area contributed by atoms with Crippen LogP contribution in [0.4, 0.5) is 10.5 Å². The van der Waals surface area contributed by atoms with Gasteiger partial charge in [-0.3, -0.25) is 4.79 Å². The molecule has 2 fully saturated rings. The highest BCUT2D eigenvalue weighted by atomic mass is 16.2. The van der Waals surface area contributed by atoms with E-state index in [1.807, 2.05) is 35.2 Å². The standard InChI is InChI=1S/C19H27N3O2/c23-18(22-13-11-15-6-4-5-7-16(15)14-22)10-12-20-19(24)21-17-8-2-1-3-9-17/h1-3,8-9,15-16H,4-7,10-14H2,(H2,20,21,24)/t15-,16+/m1/s1. The van der Waals surface area contributed by atoms with Crippen molar-refractivity contribution >= 4 is 17.6 Å². The lowest BCUT2D eigenvalue weighted by Crippen LogP contribution is -2.45. The Balaban J connectivity index is 1.37. The molecule has 2 atom stereocenters. The zero-order valence-corrected chi connectivity index (χ0v) is 14.2. The van der Waals surface area contributed by atoms with E-state index in [2.05, 4.69) is 10.6 Å². The third kappa shape index (κ3) is 4.49. The summed E-state index contributed by atoms with van der Waals surface area (Å²) in [6.45, 7) is 2.18. The first-order valence-electron chi connectivity index (χ1n) is 9.10. The van der Waals surface area contributed by atoms with Crippen LogP contribution in [0.3, 0.4) is 0 Å². The molecule has 1 aliphatic carbocycles. The molecule has 3 rings (SSSR count). The predicted octanol–water partition coefficient (Wildman–Crippen LogP) is 3.24. The second kappa shape index (κ2) is 8.18. The molecule has 0 aromatic heterocycles. The number of likely N-dealkylation sites (tertiary alicyclic amines) is 1. The van der Waals surface area contributed by atoms with Crippen molar-refractivity contribution in [3.8, 4) is 0 Å². The Morgan fingerprint density at radius 3 is 2.58 bits per heavy atom. The number of piperidine rings is 1. The van der Waals surface area contributed by atoms with E-state index in [-0.39, 0.29) is 11.9 Å². The molecule has 1 saturated carbocycles. The molecule has 0 radical (unpaired) electrons. The Labute approximate surface area is 143 Å². The zero-order valence-electron chi connectivity index (χ0n) is 14.2. The van der Waals surface area contributed by atoms with Gasteiger partial charge in [0.2, 0.25) is 5.91 Å². The Hall–Kier alpha value is -2.04. The number of nitrogens with one attached hydrogen (secondary N) is 2. The summed E-state index contributed by atoms with van der Waals surface area (Å²) in [5.74, 6) is 1.70. The van der Waals surface area contributed by atoms with E-state index in [1.165, 1.54) is 25.7 Å². The van der Waals surface area contributed by atoms with Crippen LogP contribution in [0, 0.1) is 11.8 Å². The number of para-hydroxylation sites is 1. The number of amides is 3. The smallest absolute Gasteiger partial charge is 0.319 e. The van der Waals surface area contributed by atoms with E-state index in [4.69, 9.17) is 0 Å². The molecule has 24 heavy (non-hydrogen) atoms. The minimum atomic E-state index is -0.264. The van der Waals surface area contributed by atoms with Crippen molar-refractivity contribution in [2.24, 2.45) is 11.8 Å². The summed E-state index contributed by atoms with van der Waals surface area (Å²) in [6.07, 6.45) is 6.80. The summed E-state index contributed by atoms with van der Waals surface area (Å²) >= 11 is 0. The highest BCUT2D eigenvalue weighted by Crippen LogP contribution is 2.36.